The minimum absolute atomic E-state index is 0.0893. The standard InChI is InChI=1S/C26H34FN3O/c1-5-28-24(31)30-18-26(22-16-21(27)10-11-23(22)30)12-14-29(15-13-26)17-19-6-8-20(9-7-19)25(2,3)4/h6-11,16H,5,12-15,17-18H2,1-4H3,(H,28,31). The summed E-state index contributed by atoms with van der Waals surface area (Å²) in [6.07, 6.45) is 1.86. The van der Waals surface area contributed by atoms with Gasteiger partial charge in [0.1, 0.15) is 5.82 Å². The number of carbonyl (C=O) groups excluding carboxylic acids is 1. The summed E-state index contributed by atoms with van der Waals surface area (Å²) >= 11 is 0. The molecule has 2 aromatic carbocycles. The van der Waals surface area contributed by atoms with Crippen LogP contribution in [-0.2, 0) is 17.4 Å². The Bertz CT molecular complexity index is 940. The van der Waals surface area contributed by atoms with Gasteiger partial charge in [-0.3, -0.25) is 9.80 Å². The predicted molar refractivity (Wildman–Crippen MR) is 124 cm³/mol. The lowest BCUT2D eigenvalue weighted by molar-refractivity contribution is 0.159. The number of rotatable bonds is 3. The van der Waals surface area contributed by atoms with Crippen LogP contribution < -0.4 is 10.2 Å². The Morgan fingerprint density at radius 1 is 1.10 bits per heavy atom. The lowest BCUT2D eigenvalue weighted by Gasteiger charge is -2.40. The van der Waals surface area contributed by atoms with Crippen LogP contribution in [0.15, 0.2) is 42.5 Å². The molecule has 2 aromatic rings. The number of benzene rings is 2. The second-order valence-corrected chi connectivity index (χ2v) is 10.1. The van der Waals surface area contributed by atoms with Gasteiger partial charge in [-0.25, -0.2) is 9.18 Å². The van der Waals surface area contributed by atoms with Gasteiger partial charge in [0, 0.05) is 30.7 Å². The van der Waals surface area contributed by atoms with E-state index in [1.807, 2.05) is 6.92 Å². The van der Waals surface area contributed by atoms with E-state index in [1.165, 1.54) is 17.2 Å². The number of piperidine rings is 1. The Hall–Kier alpha value is -2.40. The van der Waals surface area contributed by atoms with Gasteiger partial charge in [0.25, 0.3) is 0 Å². The van der Waals surface area contributed by atoms with Gasteiger partial charge in [-0.05, 0) is 73.2 Å². The molecule has 0 atom stereocenters. The average Bonchev–Trinajstić information content (AvgIpc) is 3.03. The van der Waals surface area contributed by atoms with E-state index in [9.17, 15) is 9.18 Å². The predicted octanol–water partition coefficient (Wildman–Crippen LogP) is 5.21. The van der Waals surface area contributed by atoms with Crippen LogP contribution >= 0.6 is 0 Å². The third-order valence-corrected chi connectivity index (χ3v) is 6.89. The summed E-state index contributed by atoms with van der Waals surface area (Å²) in [6, 6.07) is 13.7. The number of urea groups is 1. The van der Waals surface area contributed by atoms with E-state index in [1.54, 1.807) is 17.0 Å². The van der Waals surface area contributed by atoms with Gasteiger partial charge in [0.05, 0.1) is 0 Å². The van der Waals surface area contributed by atoms with Crippen molar-refractivity contribution in [2.75, 3.05) is 31.1 Å². The van der Waals surface area contributed by atoms with Crippen LogP contribution in [0, 0.1) is 5.82 Å². The highest BCUT2D eigenvalue weighted by Crippen LogP contribution is 2.47. The SMILES string of the molecule is CCNC(=O)N1CC2(CCN(Cc3ccc(C(C)(C)C)cc3)CC2)c2cc(F)ccc21. The second-order valence-electron chi connectivity index (χ2n) is 10.1. The lowest BCUT2D eigenvalue weighted by Crippen LogP contribution is -2.47. The van der Waals surface area contributed by atoms with Crippen LogP contribution in [0.25, 0.3) is 0 Å². The third kappa shape index (κ3) is 4.33. The van der Waals surface area contributed by atoms with Gasteiger partial charge >= 0.3 is 6.03 Å². The first-order valence-electron chi connectivity index (χ1n) is 11.4. The van der Waals surface area contributed by atoms with Crippen molar-refractivity contribution in [2.45, 2.75) is 57.9 Å². The molecule has 1 saturated heterocycles. The molecule has 31 heavy (non-hydrogen) atoms. The van der Waals surface area contributed by atoms with Crippen molar-refractivity contribution < 1.29 is 9.18 Å². The van der Waals surface area contributed by atoms with E-state index in [4.69, 9.17) is 0 Å². The summed E-state index contributed by atoms with van der Waals surface area (Å²) in [5.74, 6) is -0.225. The molecule has 2 amide bonds. The number of nitrogens with zero attached hydrogens (tertiary/aromatic N) is 2. The van der Waals surface area contributed by atoms with Gasteiger partial charge < -0.3 is 5.32 Å². The fraction of sp³-hybridized carbons (Fsp3) is 0.500. The normalized spacial score (nSPS) is 18.3. The van der Waals surface area contributed by atoms with Crippen molar-refractivity contribution >= 4 is 11.7 Å². The maximum atomic E-state index is 14.1. The van der Waals surface area contributed by atoms with E-state index in [-0.39, 0.29) is 22.7 Å². The van der Waals surface area contributed by atoms with Gasteiger partial charge in [0.2, 0.25) is 0 Å². The van der Waals surface area contributed by atoms with Gasteiger partial charge in [-0.15, -0.1) is 0 Å². The maximum Gasteiger partial charge on any atom is 0.321 e. The number of fused-ring (bicyclic) bond motifs is 2. The number of hydrogen-bond acceptors (Lipinski definition) is 2. The minimum Gasteiger partial charge on any atom is -0.338 e. The molecule has 166 valence electrons. The highest BCUT2D eigenvalue weighted by Gasteiger charge is 2.46. The molecule has 0 radical (unpaired) electrons. The van der Waals surface area contributed by atoms with E-state index in [0.717, 1.165) is 43.7 Å². The van der Waals surface area contributed by atoms with Crippen LogP contribution in [0.3, 0.4) is 0 Å². The molecular formula is C26H34FN3O. The average molecular weight is 424 g/mol. The topological polar surface area (TPSA) is 35.6 Å². The molecule has 0 aromatic heterocycles. The zero-order valence-electron chi connectivity index (χ0n) is 19.2. The Kier molecular flexibility index (Phi) is 5.82. The number of nitrogens with one attached hydrogen (secondary N) is 1. The first-order valence-corrected chi connectivity index (χ1v) is 11.4. The third-order valence-electron chi connectivity index (χ3n) is 6.89. The molecule has 4 rings (SSSR count). The summed E-state index contributed by atoms with van der Waals surface area (Å²) < 4.78 is 14.1. The zero-order valence-corrected chi connectivity index (χ0v) is 19.2. The van der Waals surface area contributed by atoms with Crippen molar-refractivity contribution in [1.82, 2.24) is 10.2 Å². The highest BCUT2D eigenvalue weighted by atomic mass is 19.1. The molecule has 1 spiro atoms. The van der Waals surface area contributed by atoms with Gasteiger partial charge in [-0.2, -0.15) is 0 Å². The molecule has 1 N–H and O–H groups in total. The molecule has 5 heteroatoms. The summed E-state index contributed by atoms with van der Waals surface area (Å²) in [5.41, 5.74) is 4.54. The number of halogens is 1. The Balaban J connectivity index is 1.47. The fourth-order valence-electron chi connectivity index (χ4n) is 5.00. The van der Waals surface area contributed by atoms with Crippen LogP contribution in [0.1, 0.15) is 57.2 Å². The molecule has 0 unspecified atom stereocenters. The molecule has 0 bridgehead atoms. The van der Waals surface area contributed by atoms with Crippen molar-refractivity contribution in [3.63, 3.8) is 0 Å². The molecule has 2 aliphatic rings. The summed E-state index contributed by atoms with van der Waals surface area (Å²) in [7, 11) is 0. The summed E-state index contributed by atoms with van der Waals surface area (Å²) in [6.45, 7) is 12.7. The van der Waals surface area contributed by atoms with E-state index >= 15 is 0 Å². The number of anilines is 1. The Morgan fingerprint density at radius 3 is 2.39 bits per heavy atom. The number of carbonyl (C=O) groups is 1. The number of hydrogen-bond donors (Lipinski definition) is 1. The quantitative estimate of drug-likeness (QED) is 0.736. The largest absolute Gasteiger partial charge is 0.338 e. The van der Waals surface area contributed by atoms with Crippen molar-refractivity contribution in [3.05, 3.63) is 65.0 Å². The minimum atomic E-state index is -0.225. The summed E-state index contributed by atoms with van der Waals surface area (Å²) in [5, 5.41) is 2.90. The molecular weight excluding hydrogens is 389 g/mol. The van der Waals surface area contributed by atoms with Crippen LogP contribution in [0.2, 0.25) is 0 Å². The van der Waals surface area contributed by atoms with Crippen molar-refractivity contribution in [3.8, 4) is 0 Å². The molecule has 2 heterocycles. The molecule has 0 aliphatic carbocycles. The second kappa shape index (κ2) is 8.27. The maximum absolute atomic E-state index is 14.1. The van der Waals surface area contributed by atoms with Crippen molar-refractivity contribution in [2.24, 2.45) is 0 Å². The van der Waals surface area contributed by atoms with Crippen LogP contribution in [0.5, 0.6) is 0 Å². The fourth-order valence-corrected chi connectivity index (χ4v) is 5.00. The van der Waals surface area contributed by atoms with Crippen LogP contribution in [-0.4, -0.2) is 37.1 Å². The smallest absolute Gasteiger partial charge is 0.321 e. The molecule has 4 nitrogen and oxygen atoms in total. The van der Waals surface area contributed by atoms with Crippen LogP contribution in [0.4, 0.5) is 14.9 Å². The first-order chi connectivity index (χ1) is 14.7. The molecule has 1 fully saturated rings. The lowest BCUT2D eigenvalue weighted by atomic mass is 9.74. The monoisotopic (exact) mass is 423 g/mol. The Labute approximate surface area is 185 Å². The van der Waals surface area contributed by atoms with Gasteiger partial charge in [0.15, 0.2) is 0 Å². The van der Waals surface area contributed by atoms with E-state index in [0.29, 0.717) is 13.1 Å². The first kappa shape index (κ1) is 21.8. The Morgan fingerprint density at radius 2 is 1.77 bits per heavy atom. The highest BCUT2D eigenvalue weighted by molar-refractivity contribution is 5.95. The van der Waals surface area contributed by atoms with Crippen molar-refractivity contribution in [1.29, 1.82) is 0 Å². The molecule has 2 aliphatic heterocycles. The molecule has 0 saturated carbocycles. The zero-order chi connectivity index (χ0) is 22.2. The number of likely N-dealkylation sites (tertiary alicyclic amines) is 1. The van der Waals surface area contributed by atoms with Gasteiger partial charge in [-0.1, -0.05) is 45.0 Å². The summed E-state index contributed by atoms with van der Waals surface area (Å²) in [4.78, 5) is 16.9. The van der Waals surface area contributed by atoms with E-state index in [2.05, 4.69) is 55.3 Å². The number of amides is 2. The van der Waals surface area contributed by atoms with E-state index < -0.39 is 0 Å².